The monoisotopic (exact) mass is 382 g/mol. The minimum Gasteiger partial charge on any atom is -0.326 e. The van der Waals surface area contributed by atoms with Crippen molar-refractivity contribution in [2.24, 2.45) is 5.73 Å². The Labute approximate surface area is 130 Å². The van der Waals surface area contributed by atoms with Gasteiger partial charge in [0.1, 0.15) is 5.01 Å². The highest BCUT2D eigenvalue weighted by molar-refractivity contribution is 9.10. The largest absolute Gasteiger partial charge is 0.434 e. The maximum atomic E-state index is 12.7. The molecule has 8 heteroatoms. The lowest BCUT2D eigenvalue weighted by atomic mass is 10.3. The number of nitrogens with zero attached hydrogens (tertiary/aromatic N) is 1. The first-order valence-electron chi connectivity index (χ1n) is 5.54. The third-order valence-corrected chi connectivity index (χ3v) is 5.18. The van der Waals surface area contributed by atoms with Gasteiger partial charge in [-0.1, -0.05) is 15.9 Å². The van der Waals surface area contributed by atoms with Crippen LogP contribution in [0.5, 0.6) is 0 Å². The maximum absolute atomic E-state index is 12.7. The molecule has 20 heavy (non-hydrogen) atoms. The Hall–Kier alpha value is -0.570. The molecule has 2 N–H and O–H groups in total. The van der Waals surface area contributed by atoms with Crippen molar-refractivity contribution in [2.45, 2.75) is 23.4 Å². The van der Waals surface area contributed by atoms with Gasteiger partial charge in [-0.2, -0.15) is 13.2 Å². The summed E-state index contributed by atoms with van der Waals surface area (Å²) in [5.74, 6) is 0.398. The molecule has 0 fully saturated rings. The van der Waals surface area contributed by atoms with E-state index < -0.39 is 11.9 Å². The lowest BCUT2D eigenvalue weighted by Crippen LogP contribution is -2.10. The Kier molecular flexibility index (Phi) is 5.11. The summed E-state index contributed by atoms with van der Waals surface area (Å²) in [4.78, 5) is 4.73. The normalized spacial score (nSPS) is 11.8. The van der Waals surface area contributed by atoms with Crippen molar-refractivity contribution in [3.8, 4) is 0 Å². The summed E-state index contributed by atoms with van der Waals surface area (Å²) in [6, 6.07) is 7.57. The molecule has 0 bridgehead atoms. The Morgan fingerprint density at radius 3 is 2.40 bits per heavy atom. The first kappa shape index (κ1) is 15.8. The highest BCUT2D eigenvalue weighted by Gasteiger charge is 2.36. The molecule has 0 amide bonds. The van der Waals surface area contributed by atoms with Crippen LogP contribution in [0.4, 0.5) is 13.2 Å². The number of hydrogen-bond donors (Lipinski definition) is 1. The average molecular weight is 383 g/mol. The van der Waals surface area contributed by atoms with Gasteiger partial charge < -0.3 is 5.73 Å². The van der Waals surface area contributed by atoms with Crippen molar-refractivity contribution < 1.29 is 13.2 Å². The van der Waals surface area contributed by atoms with Gasteiger partial charge in [-0.05, 0) is 24.3 Å². The molecule has 2 rings (SSSR count). The third kappa shape index (κ3) is 3.97. The zero-order valence-corrected chi connectivity index (χ0v) is 13.3. The Balaban J connectivity index is 2.10. The summed E-state index contributed by atoms with van der Waals surface area (Å²) in [6.45, 7) is -0.143. The van der Waals surface area contributed by atoms with Crippen molar-refractivity contribution in [3.05, 3.63) is 44.3 Å². The average Bonchev–Trinajstić information content (AvgIpc) is 2.81. The second-order valence-corrected chi connectivity index (χ2v) is 6.96. The zero-order chi connectivity index (χ0) is 14.8. The zero-order valence-electron chi connectivity index (χ0n) is 10.1. The molecule has 1 aromatic heterocycles. The van der Waals surface area contributed by atoms with Gasteiger partial charge in [0.2, 0.25) is 0 Å². The van der Waals surface area contributed by atoms with E-state index in [9.17, 15) is 13.2 Å². The molecule has 0 aliphatic rings. The topological polar surface area (TPSA) is 38.9 Å². The van der Waals surface area contributed by atoms with Gasteiger partial charge in [0.25, 0.3) is 0 Å². The molecule has 2 nitrogen and oxygen atoms in total. The molecule has 0 atom stereocenters. The van der Waals surface area contributed by atoms with Gasteiger partial charge in [-0.25, -0.2) is 4.98 Å². The van der Waals surface area contributed by atoms with Crippen molar-refractivity contribution in [1.29, 1.82) is 0 Å². The SMILES string of the molecule is NCc1sc(CSc2ccc(Br)cc2)nc1C(F)(F)F. The molecule has 108 valence electrons. The van der Waals surface area contributed by atoms with E-state index in [2.05, 4.69) is 20.9 Å². The Morgan fingerprint density at radius 2 is 1.90 bits per heavy atom. The van der Waals surface area contributed by atoms with E-state index in [0.717, 1.165) is 20.7 Å². The van der Waals surface area contributed by atoms with Crippen molar-refractivity contribution in [2.75, 3.05) is 0 Å². The van der Waals surface area contributed by atoms with E-state index in [-0.39, 0.29) is 11.4 Å². The molecule has 1 aromatic carbocycles. The number of aromatic nitrogens is 1. The lowest BCUT2D eigenvalue weighted by molar-refractivity contribution is -0.141. The number of rotatable bonds is 4. The maximum Gasteiger partial charge on any atom is 0.434 e. The van der Waals surface area contributed by atoms with Crippen LogP contribution in [-0.2, 0) is 18.5 Å². The smallest absolute Gasteiger partial charge is 0.326 e. The molecule has 2 aromatic rings. The first-order valence-corrected chi connectivity index (χ1v) is 8.14. The predicted octanol–water partition coefficient (Wildman–Crippen LogP) is 4.68. The molecule has 0 spiro atoms. The number of thioether (sulfide) groups is 1. The van der Waals surface area contributed by atoms with Gasteiger partial charge in [0.15, 0.2) is 5.69 Å². The summed E-state index contributed by atoms with van der Waals surface area (Å²) in [5.41, 5.74) is 4.49. The van der Waals surface area contributed by atoms with E-state index in [1.165, 1.54) is 11.8 Å². The van der Waals surface area contributed by atoms with Crippen LogP contribution in [0, 0.1) is 0 Å². The molecule has 0 radical (unpaired) electrons. The Morgan fingerprint density at radius 1 is 1.25 bits per heavy atom. The lowest BCUT2D eigenvalue weighted by Gasteiger charge is -2.03. The summed E-state index contributed by atoms with van der Waals surface area (Å²) in [6.07, 6.45) is -4.44. The number of thiazole rings is 1. The molecular formula is C12H10BrF3N2S2. The minimum absolute atomic E-state index is 0.0870. The molecule has 1 heterocycles. The van der Waals surface area contributed by atoms with Crippen LogP contribution < -0.4 is 5.73 Å². The van der Waals surface area contributed by atoms with Crippen LogP contribution >= 0.6 is 39.0 Å². The molecular weight excluding hydrogens is 373 g/mol. The third-order valence-electron chi connectivity index (χ3n) is 2.37. The molecule has 0 saturated carbocycles. The fourth-order valence-electron chi connectivity index (χ4n) is 1.50. The van der Waals surface area contributed by atoms with Crippen LogP contribution in [0.25, 0.3) is 0 Å². The standard InChI is InChI=1S/C12H10BrF3N2S2/c13-7-1-3-8(4-2-7)19-6-10-18-11(12(14,15)16)9(5-17)20-10/h1-4H,5-6,17H2. The second-order valence-electron chi connectivity index (χ2n) is 3.82. The minimum atomic E-state index is -4.44. The predicted molar refractivity (Wildman–Crippen MR) is 78.7 cm³/mol. The van der Waals surface area contributed by atoms with Gasteiger partial charge >= 0.3 is 6.18 Å². The van der Waals surface area contributed by atoms with E-state index in [1.807, 2.05) is 24.3 Å². The summed E-state index contributed by atoms with van der Waals surface area (Å²) in [7, 11) is 0. The number of nitrogens with two attached hydrogens (primary N) is 1. The van der Waals surface area contributed by atoms with Crippen molar-refractivity contribution >= 4 is 39.0 Å². The van der Waals surface area contributed by atoms with E-state index in [1.54, 1.807) is 0 Å². The van der Waals surface area contributed by atoms with E-state index in [4.69, 9.17) is 5.73 Å². The Bertz CT molecular complexity index is 581. The van der Waals surface area contributed by atoms with Crippen LogP contribution in [0.2, 0.25) is 0 Å². The highest BCUT2D eigenvalue weighted by atomic mass is 79.9. The van der Waals surface area contributed by atoms with Crippen molar-refractivity contribution in [1.82, 2.24) is 4.98 Å². The van der Waals surface area contributed by atoms with Crippen LogP contribution in [-0.4, -0.2) is 4.98 Å². The number of alkyl halides is 3. The molecule has 0 aliphatic heterocycles. The quantitative estimate of drug-likeness (QED) is 0.780. The van der Waals surface area contributed by atoms with Crippen molar-refractivity contribution in [3.63, 3.8) is 0 Å². The number of hydrogen-bond acceptors (Lipinski definition) is 4. The molecule has 0 aliphatic carbocycles. The summed E-state index contributed by atoms with van der Waals surface area (Å²) < 4.78 is 39.2. The second kappa shape index (κ2) is 6.46. The fourth-order valence-corrected chi connectivity index (χ4v) is 3.62. The van der Waals surface area contributed by atoms with E-state index >= 15 is 0 Å². The summed E-state index contributed by atoms with van der Waals surface area (Å²) >= 11 is 5.79. The van der Waals surface area contributed by atoms with Crippen LogP contribution in [0.3, 0.4) is 0 Å². The van der Waals surface area contributed by atoms with Gasteiger partial charge in [-0.15, -0.1) is 23.1 Å². The van der Waals surface area contributed by atoms with Crippen LogP contribution in [0.15, 0.2) is 33.6 Å². The number of halogens is 4. The van der Waals surface area contributed by atoms with Gasteiger partial charge in [0.05, 0.1) is 10.6 Å². The van der Waals surface area contributed by atoms with Crippen LogP contribution in [0.1, 0.15) is 15.6 Å². The van der Waals surface area contributed by atoms with Gasteiger partial charge in [-0.3, -0.25) is 0 Å². The highest BCUT2D eigenvalue weighted by Crippen LogP contribution is 2.36. The van der Waals surface area contributed by atoms with Gasteiger partial charge in [0, 0.05) is 15.9 Å². The molecule has 0 saturated heterocycles. The molecule has 0 unspecified atom stereocenters. The first-order chi connectivity index (χ1) is 9.40. The fraction of sp³-hybridized carbons (Fsp3) is 0.250. The van der Waals surface area contributed by atoms with E-state index in [0.29, 0.717) is 10.8 Å². The number of benzene rings is 1. The summed E-state index contributed by atoms with van der Waals surface area (Å²) in [5, 5.41) is 0.436.